The molecule has 8 nitrogen and oxygen atoms in total. The van der Waals surface area contributed by atoms with Gasteiger partial charge in [0.1, 0.15) is 18.1 Å². The molecule has 2 aromatic heterocycles. The molecule has 32 heavy (non-hydrogen) atoms. The molecule has 4 aromatic rings. The second-order valence-electron chi connectivity index (χ2n) is 6.85. The summed E-state index contributed by atoms with van der Waals surface area (Å²) in [6.45, 7) is 1.46. The highest BCUT2D eigenvalue weighted by atomic mass is 32.1. The molecule has 1 amide bonds. The topological polar surface area (TPSA) is 95.3 Å². The van der Waals surface area contributed by atoms with Gasteiger partial charge in [0.2, 0.25) is 5.91 Å². The van der Waals surface area contributed by atoms with Gasteiger partial charge in [0.05, 0.1) is 23.9 Å². The molecule has 4 rings (SSSR count). The molecule has 0 aliphatic rings. The summed E-state index contributed by atoms with van der Waals surface area (Å²) in [6, 6.07) is 10.7. The van der Waals surface area contributed by atoms with Crippen LogP contribution < -0.4 is 20.3 Å². The van der Waals surface area contributed by atoms with E-state index in [-0.39, 0.29) is 17.9 Å². The van der Waals surface area contributed by atoms with Crippen molar-refractivity contribution in [2.24, 2.45) is 0 Å². The number of fused-ring (bicyclic) bond motifs is 1. The third kappa shape index (κ3) is 4.17. The number of hydrogen-bond acceptors (Lipinski definition) is 7. The van der Waals surface area contributed by atoms with E-state index in [0.29, 0.717) is 38.2 Å². The van der Waals surface area contributed by atoms with Crippen LogP contribution in [0, 0.1) is 12.7 Å². The fourth-order valence-electron chi connectivity index (χ4n) is 3.22. The molecule has 0 aliphatic carbocycles. The summed E-state index contributed by atoms with van der Waals surface area (Å²) in [7, 11) is 3.01. The van der Waals surface area contributed by atoms with Crippen molar-refractivity contribution in [1.29, 1.82) is 0 Å². The monoisotopic (exact) mass is 454 g/mol. The predicted octanol–water partition coefficient (Wildman–Crippen LogP) is 3.62. The minimum absolute atomic E-state index is 0.223. The van der Waals surface area contributed by atoms with Crippen molar-refractivity contribution in [1.82, 2.24) is 14.8 Å². The number of benzene rings is 2. The lowest BCUT2D eigenvalue weighted by atomic mass is 10.1. The zero-order valence-corrected chi connectivity index (χ0v) is 18.3. The number of ether oxygens (including phenoxy) is 2. The lowest BCUT2D eigenvalue weighted by molar-refractivity contribution is -0.117. The molecule has 1 N–H and O–H groups in total. The Morgan fingerprint density at radius 3 is 2.53 bits per heavy atom. The molecule has 0 aliphatic heterocycles. The average molecular weight is 454 g/mol. The molecule has 0 spiro atoms. The Morgan fingerprint density at radius 1 is 1.12 bits per heavy atom. The summed E-state index contributed by atoms with van der Waals surface area (Å²) in [5.41, 5.74) is 1.31. The number of carbonyl (C=O) groups is 1. The first-order valence-electron chi connectivity index (χ1n) is 9.55. The highest BCUT2D eigenvalue weighted by Crippen LogP contribution is 2.31. The predicted molar refractivity (Wildman–Crippen MR) is 120 cm³/mol. The maximum atomic E-state index is 13.4. The smallest absolute Gasteiger partial charge is 0.294 e. The van der Waals surface area contributed by atoms with Crippen molar-refractivity contribution in [3.05, 3.63) is 63.6 Å². The van der Waals surface area contributed by atoms with E-state index in [1.54, 1.807) is 37.3 Å². The number of hydrogen-bond donors (Lipinski definition) is 1. The van der Waals surface area contributed by atoms with E-state index >= 15 is 0 Å². The Kier molecular flexibility index (Phi) is 5.87. The van der Waals surface area contributed by atoms with Crippen LogP contribution in [0.4, 0.5) is 10.1 Å². The Balaban J connectivity index is 1.68. The molecular formula is C22H19FN4O4S. The number of nitrogens with one attached hydrogen (secondary N) is 1. The van der Waals surface area contributed by atoms with Crippen LogP contribution in [-0.2, 0) is 11.3 Å². The van der Waals surface area contributed by atoms with Gasteiger partial charge in [-0.15, -0.1) is 11.3 Å². The van der Waals surface area contributed by atoms with Crippen LogP contribution in [0.3, 0.4) is 0 Å². The fraction of sp³-hybridized carbons (Fsp3) is 0.182. The number of aromatic nitrogens is 3. The third-order valence-corrected chi connectivity index (χ3v) is 5.66. The summed E-state index contributed by atoms with van der Waals surface area (Å²) in [5, 5.41) is 7.81. The van der Waals surface area contributed by atoms with Crippen molar-refractivity contribution < 1.29 is 18.7 Å². The van der Waals surface area contributed by atoms with Gasteiger partial charge < -0.3 is 14.8 Å². The van der Waals surface area contributed by atoms with Gasteiger partial charge in [-0.1, -0.05) is 0 Å². The van der Waals surface area contributed by atoms with Crippen LogP contribution in [0.2, 0.25) is 0 Å². The third-order valence-electron chi connectivity index (χ3n) is 4.69. The van der Waals surface area contributed by atoms with E-state index in [4.69, 9.17) is 9.47 Å². The lowest BCUT2D eigenvalue weighted by Gasteiger charge is -2.11. The maximum Gasteiger partial charge on any atom is 0.294 e. The normalized spacial score (nSPS) is 10.9. The zero-order chi connectivity index (χ0) is 22.8. The molecule has 0 unspecified atom stereocenters. The lowest BCUT2D eigenvalue weighted by Crippen LogP contribution is -2.30. The Hall–Kier alpha value is -3.79. The van der Waals surface area contributed by atoms with Crippen molar-refractivity contribution in [3.63, 3.8) is 0 Å². The summed E-state index contributed by atoms with van der Waals surface area (Å²) in [6.07, 6.45) is 0. The molecule has 0 atom stereocenters. The number of thiazole rings is 1. The average Bonchev–Trinajstić information content (AvgIpc) is 3.18. The van der Waals surface area contributed by atoms with Gasteiger partial charge in [-0.2, -0.15) is 5.10 Å². The molecule has 0 bridgehead atoms. The van der Waals surface area contributed by atoms with Crippen LogP contribution >= 0.6 is 11.3 Å². The molecule has 2 aromatic carbocycles. The Bertz CT molecular complexity index is 1370. The molecule has 10 heteroatoms. The van der Waals surface area contributed by atoms with Crippen LogP contribution in [0.5, 0.6) is 11.5 Å². The highest BCUT2D eigenvalue weighted by Gasteiger charge is 2.18. The van der Waals surface area contributed by atoms with Gasteiger partial charge in [0.25, 0.3) is 5.56 Å². The second-order valence-corrected chi connectivity index (χ2v) is 8.05. The number of nitrogens with zero attached hydrogens (tertiary/aromatic N) is 3. The van der Waals surface area contributed by atoms with Gasteiger partial charge in [-0.05, 0) is 43.3 Å². The van der Waals surface area contributed by atoms with Gasteiger partial charge in [-0.25, -0.2) is 14.1 Å². The largest absolute Gasteiger partial charge is 0.493 e. The number of anilines is 1. The van der Waals surface area contributed by atoms with Crippen molar-refractivity contribution >= 4 is 33.1 Å². The first-order chi connectivity index (χ1) is 15.4. The summed E-state index contributed by atoms with van der Waals surface area (Å²) < 4.78 is 25.5. The summed E-state index contributed by atoms with van der Waals surface area (Å²) in [5.74, 6) is 0.145. The molecule has 0 radical (unpaired) electrons. The van der Waals surface area contributed by atoms with Gasteiger partial charge in [0.15, 0.2) is 17.0 Å². The van der Waals surface area contributed by atoms with Crippen molar-refractivity contribution in [3.8, 4) is 22.8 Å². The number of carbonyl (C=O) groups excluding carboxylic acids is 1. The highest BCUT2D eigenvalue weighted by molar-refractivity contribution is 7.19. The SMILES string of the molecule is COc1ccc(NC(=O)Cn2nc(-c3ccc(F)cc3)c3sc(C)nc3c2=O)cc1OC. The first-order valence-corrected chi connectivity index (χ1v) is 10.4. The fourth-order valence-corrected chi connectivity index (χ4v) is 4.14. The number of methoxy groups -OCH3 is 2. The molecule has 2 heterocycles. The summed E-state index contributed by atoms with van der Waals surface area (Å²) >= 11 is 1.32. The van der Waals surface area contributed by atoms with Crippen LogP contribution in [0.25, 0.3) is 21.5 Å². The van der Waals surface area contributed by atoms with E-state index in [2.05, 4.69) is 15.4 Å². The Morgan fingerprint density at radius 2 is 1.84 bits per heavy atom. The quantitative estimate of drug-likeness (QED) is 0.478. The van der Waals surface area contributed by atoms with Crippen LogP contribution in [-0.4, -0.2) is 34.9 Å². The second kappa shape index (κ2) is 8.75. The molecule has 0 saturated heterocycles. The summed E-state index contributed by atoms with van der Waals surface area (Å²) in [4.78, 5) is 29.9. The number of rotatable bonds is 6. The Labute approximate surface area is 186 Å². The van der Waals surface area contributed by atoms with Crippen molar-refractivity contribution in [2.75, 3.05) is 19.5 Å². The number of aryl methyl sites for hydroxylation is 1. The zero-order valence-electron chi connectivity index (χ0n) is 17.5. The number of amides is 1. The van der Waals surface area contributed by atoms with E-state index in [9.17, 15) is 14.0 Å². The molecule has 0 fully saturated rings. The molecule has 0 saturated carbocycles. The van der Waals surface area contributed by atoms with Gasteiger partial charge in [0, 0.05) is 17.3 Å². The van der Waals surface area contributed by atoms with E-state index in [1.807, 2.05) is 0 Å². The maximum absolute atomic E-state index is 13.4. The van der Waals surface area contributed by atoms with Gasteiger partial charge in [-0.3, -0.25) is 9.59 Å². The van der Waals surface area contributed by atoms with E-state index in [0.717, 1.165) is 4.68 Å². The van der Waals surface area contributed by atoms with Gasteiger partial charge >= 0.3 is 0 Å². The van der Waals surface area contributed by atoms with Crippen LogP contribution in [0.1, 0.15) is 5.01 Å². The molecular weight excluding hydrogens is 435 g/mol. The minimum Gasteiger partial charge on any atom is -0.493 e. The van der Waals surface area contributed by atoms with E-state index < -0.39 is 11.5 Å². The van der Waals surface area contributed by atoms with Crippen molar-refractivity contribution in [2.45, 2.75) is 13.5 Å². The van der Waals surface area contributed by atoms with Crippen LogP contribution in [0.15, 0.2) is 47.3 Å². The van der Waals surface area contributed by atoms with E-state index in [1.165, 1.54) is 37.7 Å². The number of halogens is 1. The first kappa shape index (κ1) is 21.4. The molecule has 164 valence electrons. The minimum atomic E-state index is -0.474. The standard InChI is InChI=1S/C22H19FN4O4S/c1-12-24-20-21(32-12)19(13-4-6-14(23)7-5-13)26-27(22(20)29)11-18(28)25-15-8-9-16(30-2)17(10-15)31-3/h4-10H,11H2,1-3H3,(H,25,28).